The molecule has 0 amide bonds. The predicted molar refractivity (Wildman–Crippen MR) is 103 cm³/mol. The number of hydrogen-bond acceptors (Lipinski definition) is 8. The minimum absolute atomic E-state index is 0.0848. The number of carbonyl (C=O) groups excluding carboxylic acids is 3. The molecule has 0 radical (unpaired) electrons. The number of para-hydroxylation sites is 1. The fourth-order valence-electron chi connectivity index (χ4n) is 2.76. The van der Waals surface area contributed by atoms with Crippen molar-refractivity contribution < 1.29 is 38.1 Å². The summed E-state index contributed by atoms with van der Waals surface area (Å²) in [4.78, 5) is 39.0. The maximum absolute atomic E-state index is 13.0. The van der Waals surface area contributed by atoms with Gasteiger partial charge in [0.05, 0.1) is 25.7 Å². The Balaban J connectivity index is 3.76. The first-order valence-corrected chi connectivity index (χ1v) is 9.13. The first-order chi connectivity index (χ1) is 13.9. The minimum atomic E-state index is -2.55. The lowest BCUT2D eigenvalue weighted by atomic mass is 9.71. The van der Waals surface area contributed by atoms with Crippen LogP contribution in [-0.4, -0.2) is 51.6 Å². The standard InChI is InChI=1S/C21H26O8/c1-6-16(15-12-10-11-13-17(15)29-14-25-5)21(18(22)26-7-2,19(23)27-8-3)20(24)28-9-4/h1,10-13,16H,7-9,14H2,2-5H3/t16-/m1/s1. The number of esters is 3. The summed E-state index contributed by atoms with van der Waals surface area (Å²) in [6.45, 7) is 4.26. The summed E-state index contributed by atoms with van der Waals surface area (Å²) >= 11 is 0. The van der Waals surface area contributed by atoms with Crippen LogP contribution in [0.4, 0.5) is 0 Å². The molecule has 1 aromatic carbocycles. The van der Waals surface area contributed by atoms with Crippen molar-refractivity contribution in [1.82, 2.24) is 0 Å². The first kappa shape index (κ1) is 24.0. The molecular weight excluding hydrogens is 380 g/mol. The monoisotopic (exact) mass is 406 g/mol. The van der Waals surface area contributed by atoms with E-state index >= 15 is 0 Å². The van der Waals surface area contributed by atoms with Crippen molar-refractivity contribution >= 4 is 17.9 Å². The van der Waals surface area contributed by atoms with E-state index in [2.05, 4.69) is 5.92 Å². The molecule has 0 spiro atoms. The molecule has 0 fully saturated rings. The maximum Gasteiger partial charge on any atom is 0.336 e. The Morgan fingerprint density at radius 1 is 0.966 bits per heavy atom. The second kappa shape index (κ2) is 11.7. The molecule has 0 saturated heterocycles. The summed E-state index contributed by atoms with van der Waals surface area (Å²) < 4.78 is 25.6. The van der Waals surface area contributed by atoms with E-state index in [1.54, 1.807) is 45.0 Å². The van der Waals surface area contributed by atoms with Crippen molar-refractivity contribution in [2.75, 3.05) is 33.7 Å². The number of terminal acetylenes is 1. The van der Waals surface area contributed by atoms with Gasteiger partial charge in [-0.05, 0) is 26.8 Å². The normalized spacial score (nSPS) is 11.7. The van der Waals surface area contributed by atoms with E-state index in [-0.39, 0.29) is 37.9 Å². The highest BCUT2D eigenvalue weighted by molar-refractivity contribution is 6.19. The highest BCUT2D eigenvalue weighted by Crippen LogP contribution is 2.43. The van der Waals surface area contributed by atoms with Gasteiger partial charge in [0.2, 0.25) is 0 Å². The average Bonchev–Trinajstić information content (AvgIpc) is 2.71. The minimum Gasteiger partial charge on any atom is -0.467 e. The fraction of sp³-hybridized carbons (Fsp3) is 0.476. The Kier molecular flexibility index (Phi) is 9.69. The van der Waals surface area contributed by atoms with Gasteiger partial charge in [-0.25, -0.2) is 0 Å². The SMILES string of the molecule is C#C[C@H](c1ccccc1OCOC)C(C(=O)OCC)(C(=O)OCC)C(=O)OCC. The summed E-state index contributed by atoms with van der Waals surface area (Å²) in [5, 5.41) is 0. The van der Waals surface area contributed by atoms with Crippen LogP contribution in [0.3, 0.4) is 0 Å². The van der Waals surface area contributed by atoms with Gasteiger partial charge in [0.1, 0.15) is 5.75 Å². The summed E-state index contributed by atoms with van der Waals surface area (Å²) in [6, 6.07) is 6.42. The van der Waals surface area contributed by atoms with E-state index in [1.807, 2.05) is 0 Å². The summed E-state index contributed by atoms with van der Waals surface area (Å²) in [5.74, 6) is -2.26. The van der Waals surface area contributed by atoms with Gasteiger partial charge >= 0.3 is 17.9 Å². The van der Waals surface area contributed by atoms with Crippen molar-refractivity contribution in [2.45, 2.75) is 26.7 Å². The molecule has 1 rings (SSSR count). The van der Waals surface area contributed by atoms with Gasteiger partial charge in [-0.15, -0.1) is 6.42 Å². The van der Waals surface area contributed by atoms with E-state index in [4.69, 9.17) is 30.1 Å². The molecule has 8 nitrogen and oxygen atoms in total. The molecular formula is C21H26O8. The van der Waals surface area contributed by atoms with Crippen molar-refractivity contribution in [2.24, 2.45) is 5.41 Å². The van der Waals surface area contributed by atoms with E-state index in [0.29, 0.717) is 0 Å². The van der Waals surface area contributed by atoms with Crippen LogP contribution >= 0.6 is 0 Å². The number of hydrogen-bond donors (Lipinski definition) is 0. The Morgan fingerprint density at radius 2 is 1.45 bits per heavy atom. The van der Waals surface area contributed by atoms with E-state index in [9.17, 15) is 14.4 Å². The zero-order valence-electron chi connectivity index (χ0n) is 17.1. The number of benzene rings is 1. The van der Waals surface area contributed by atoms with Crippen molar-refractivity contribution in [3.05, 3.63) is 29.8 Å². The van der Waals surface area contributed by atoms with Crippen LogP contribution in [0, 0.1) is 17.8 Å². The molecule has 0 bridgehead atoms. The quantitative estimate of drug-likeness (QED) is 0.181. The summed E-state index contributed by atoms with van der Waals surface area (Å²) in [6.07, 6.45) is 5.73. The number of methoxy groups -OCH3 is 1. The average molecular weight is 406 g/mol. The lowest BCUT2D eigenvalue weighted by Crippen LogP contribution is -2.53. The molecule has 0 aromatic heterocycles. The summed E-state index contributed by atoms with van der Waals surface area (Å²) in [7, 11) is 1.43. The maximum atomic E-state index is 13.0. The van der Waals surface area contributed by atoms with Crippen molar-refractivity contribution in [3.8, 4) is 18.1 Å². The molecule has 0 aliphatic rings. The van der Waals surface area contributed by atoms with E-state index in [0.717, 1.165) is 0 Å². The molecule has 0 heterocycles. The van der Waals surface area contributed by atoms with Crippen molar-refractivity contribution in [1.29, 1.82) is 0 Å². The molecule has 0 unspecified atom stereocenters. The first-order valence-electron chi connectivity index (χ1n) is 9.13. The third kappa shape index (κ3) is 5.06. The second-order valence-corrected chi connectivity index (χ2v) is 5.66. The molecule has 8 heteroatoms. The Bertz CT molecular complexity index is 704. The largest absolute Gasteiger partial charge is 0.467 e. The van der Waals surface area contributed by atoms with Crippen molar-refractivity contribution in [3.63, 3.8) is 0 Å². The molecule has 158 valence electrons. The van der Waals surface area contributed by atoms with Crippen LogP contribution in [0.2, 0.25) is 0 Å². The fourth-order valence-corrected chi connectivity index (χ4v) is 2.76. The molecule has 0 saturated carbocycles. The molecule has 0 aliphatic carbocycles. The topological polar surface area (TPSA) is 97.4 Å². The number of ether oxygens (including phenoxy) is 5. The Labute approximate surface area is 170 Å². The predicted octanol–water partition coefficient (Wildman–Crippen LogP) is 2.06. The Hall–Kier alpha value is -3.05. The van der Waals surface area contributed by atoms with Crippen LogP contribution in [-0.2, 0) is 33.3 Å². The Morgan fingerprint density at radius 3 is 1.86 bits per heavy atom. The number of rotatable bonds is 11. The van der Waals surface area contributed by atoms with Crippen LogP contribution in [0.1, 0.15) is 32.3 Å². The third-order valence-electron chi connectivity index (χ3n) is 3.95. The van der Waals surface area contributed by atoms with Crippen LogP contribution in [0.5, 0.6) is 5.75 Å². The molecule has 1 atom stereocenters. The highest BCUT2D eigenvalue weighted by Gasteiger charge is 2.63. The summed E-state index contributed by atoms with van der Waals surface area (Å²) in [5.41, 5.74) is -2.32. The molecule has 0 aliphatic heterocycles. The van der Waals surface area contributed by atoms with Gasteiger partial charge in [-0.3, -0.25) is 14.4 Å². The van der Waals surface area contributed by atoms with Gasteiger partial charge in [-0.2, -0.15) is 0 Å². The van der Waals surface area contributed by atoms with Gasteiger partial charge in [0, 0.05) is 12.7 Å². The van der Waals surface area contributed by atoms with Gasteiger partial charge < -0.3 is 23.7 Å². The second-order valence-electron chi connectivity index (χ2n) is 5.66. The number of carbonyl (C=O) groups is 3. The van der Waals surface area contributed by atoms with Gasteiger partial charge in [0.25, 0.3) is 5.41 Å². The smallest absolute Gasteiger partial charge is 0.336 e. The zero-order valence-corrected chi connectivity index (χ0v) is 17.1. The van der Waals surface area contributed by atoms with Gasteiger partial charge in [0.15, 0.2) is 6.79 Å². The third-order valence-corrected chi connectivity index (χ3v) is 3.95. The molecule has 0 N–H and O–H groups in total. The molecule has 29 heavy (non-hydrogen) atoms. The van der Waals surface area contributed by atoms with E-state index in [1.165, 1.54) is 7.11 Å². The highest BCUT2D eigenvalue weighted by atomic mass is 16.7. The van der Waals surface area contributed by atoms with Crippen LogP contribution in [0.25, 0.3) is 0 Å². The lowest BCUT2D eigenvalue weighted by Gasteiger charge is -2.32. The van der Waals surface area contributed by atoms with E-state index < -0.39 is 29.2 Å². The van der Waals surface area contributed by atoms with Crippen LogP contribution in [0.15, 0.2) is 24.3 Å². The van der Waals surface area contributed by atoms with Gasteiger partial charge in [-0.1, -0.05) is 24.1 Å². The molecule has 1 aromatic rings. The lowest BCUT2D eigenvalue weighted by molar-refractivity contribution is -0.184. The zero-order chi connectivity index (χ0) is 21.9. The van der Waals surface area contributed by atoms with Crippen LogP contribution < -0.4 is 4.74 Å².